The summed E-state index contributed by atoms with van der Waals surface area (Å²) < 4.78 is 0. The van der Waals surface area contributed by atoms with Crippen LogP contribution in [0.15, 0.2) is 24.3 Å². The standard InChI is InChI=1S/C16H25NO/c1-4-16(3,12-18)11-17-10-13(2)9-14-7-5-6-8-15(14)17/h5-8,13,18H,4,9-12H2,1-3H3. The van der Waals surface area contributed by atoms with Crippen LogP contribution in [0.2, 0.25) is 0 Å². The molecule has 0 bridgehead atoms. The van der Waals surface area contributed by atoms with Gasteiger partial charge in [-0.25, -0.2) is 0 Å². The van der Waals surface area contributed by atoms with Gasteiger partial charge in [0.05, 0.1) is 6.61 Å². The first-order valence-electron chi connectivity index (χ1n) is 7.01. The molecule has 1 N–H and O–H groups in total. The first-order valence-corrected chi connectivity index (χ1v) is 7.01. The topological polar surface area (TPSA) is 23.5 Å². The van der Waals surface area contributed by atoms with Crippen molar-refractivity contribution in [3.8, 4) is 0 Å². The fourth-order valence-electron chi connectivity index (χ4n) is 2.79. The van der Waals surface area contributed by atoms with Crippen LogP contribution in [0, 0.1) is 11.3 Å². The predicted molar refractivity (Wildman–Crippen MR) is 77.0 cm³/mol. The molecule has 0 saturated carbocycles. The molecule has 1 aliphatic rings. The molecule has 0 aliphatic carbocycles. The predicted octanol–water partition coefficient (Wildman–Crippen LogP) is 3.09. The highest BCUT2D eigenvalue weighted by Gasteiger charge is 2.28. The quantitative estimate of drug-likeness (QED) is 0.884. The Labute approximate surface area is 111 Å². The molecule has 2 unspecified atom stereocenters. The molecule has 100 valence electrons. The molecule has 0 amide bonds. The summed E-state index contributed by atoms with van der Waals surface area (Å²) in [4.78, 5) is 2.46. The van der Waals surface area contributed by atoms with Crippen LogP contribution < -0.4 is 4.90 Å². The zero-order chi connectivity index (χ0) is 13.2. The normalized spacial score (nSPS) is 22.4. The zero-order valence-corrected chi connectivity index (χ0v) is 11.8. The number of rotatable bonds is 4. The summed E-state index contributed by atoms with van der Waals surface area (Å²) in [5, 5.41) is 9.60. The Morgan fingerprint density at radius 1 is 1.39 bits per heavy atom. The number of benzene rings is 1. The monoisotopic (exact) mass is 247 g/mol. The van der Waals surface area contributed by atoms with Gasteiger partial charge in [0.2, 0.25) is 0 Å². The van der Waals surface area contributed by atoms with E-state index in [2.05, 4.69) is 49.9 Å². The summed E-state index contributed by atoms with van der Waals surface area (Å²) in [5.41, 5.74) is 2.82. The van der Waals surface area contributed by atoms with Crippen LogP contribution in [-0.4, -0.2) is 24.8 Å². The Balaban J connectivity index is 2.24. The molecule has 1 aromatic carbocycles. The smallest absolute Gasteiger partial charge is 0.0501 e. The summed E-state index contributed by atoms with van der Waals surface area (Å²) in [6.45, 7) is 8.96. The largest absolute Gasteiger partial charge is 0.396 e. The zero-order valence-electron chi connectivity index (χ0n) is 11.8. The van der Waals surface area contributed by atoms with Crippen LogP contribution in [0.5, 0.6) is 0 Å². The number of anilines is 1. The molecular formula is C16H25NO. The van der Waals surface area contributed by atoms with E-state index >= 15 is 0 Å². The Bertz CT molecular complexity index is 398. The second-order valence-electron chi connectivity index (χ2n) is 6.14. The SMILES string of the molecule is CCC(C)(CO)CN1CC(C)Cc2ccccc21. The van der Waals surface area contributed by atoms with Crippen molar-refractivity contribution in [2.24, 2.45) is 11.3 Å². The lowest BCUT2D eigenvalue weighted by Gasteiger charge is -2.40. The highest BCUT2D eigenvalue weighted by atomic mass is 16.3. The van der Waals surface area contributed by atoms with E-state index in [1.165, 1.54) is 17.7 Å². The molecule has 0 aromatic heterocycles. The average molecular weight is 247 g/mol. The maximum Gasteiger partial charge on any atom is 0.0501 e. The van der Waals surface area contributed by atoms with Gasteiger partial charge in [-0.05, 0) is 30.4 Å². The van der Waals surface area contributed by atoms with E-state index in [0.29, 0.717) is 5.92 Å². The summed E-state index contributed by atoms with van der Waals surface area (Å²) >= 11 is 0. The van der Waals surface area contributed by atoms with Gasteiger partial charge in [-0.2, -0.15) is 0 Å². The van der Waals surface area contributed by atoms with E-state index in [4.69, 9.17) is 0 Å². The molecule has 0 radical (unpaired) electrons. The maximum absolute atomic E-state index is 9.60. The van der Waals surface area contributed by atoms with Crippen molar-refractivity contribution in [3.05, 3.63) is 29.8 Å². The number of hydrogen-bond acceptors (Lipinski definition) is 2. The van der Waals surface area contributed by atoms with E-state index in [1.807, 2.05) is 0 Å². The van der Waals surface area contributed by atoms with Crippen molar-refractivity contribution >= 4 is 5.69 Å². The molecule has 2 nitrogen and oxygen atoms in total. The minimum Gasteiger partial charge on any atom is -0.396 e. The molecule has 2 heteroatoms. The molecule has 0 saturated heterocycles. The maximum atomic E-state index is 9.60. The number of hydrogen-bond donors (Lipinski definition) is 1. The van der Waals surface area contributed by atoms with E-state index in [1.54, 1.807) is 0 Å². The first-order chi connectivity index (χ1) is 8.58. The molecule has 1 aliphatic heterocycles. The Kier molecular flexibility index (Phi) is 3.96. The Morgan fingerprint density at radius 3 is 2.78 bits per heavy atom. The van der Waals surface area contributed by atoms with E-state index in [-0.39, 0.29) is 12.0 Å². The summed E-state index contributed by atoms with van der Waals surface area (Å²) in [6, 6.07) is 8.69. The second kappa shape index (κ2) is 5.31. The number of fused-ring (bicyclic) bond motifs is 1. The lowest BCUT2D eigenvalue weighted by Crippen LogP contribution is -2.43. The molecule has 2 atom stereocenters. The van der Waals surface area contributed by atoms with Crippen molar-refractivity contribution < 1.29 is 5.11 Å². The van der Waals surface area contributed by atoms with Crippen LogP contribution in [0.25, 0.3) is 0 Å². The van der Waals surface area contributed by atoms with Gasteiger partial charge in [0, 0.05) is 24.2 Å². The number of aliphatic hydroxyl groups excluding tert-OH is 1. The second-order valence-corrected chi connectivity index (χ2v) is 6.14. The van der Waals surface area contributed by atoms with Crippen molar-refractivity contribution in [1.29, 1.82) is 0 Å². The van der Waals surface area contributed by atoms with Gasteiger partial charge in [0.25, 0.3) is 0 Å². The summed E-state index contributed by atoms with van der Waals surface area (Å²) in [7, 11) is 0. The number of aliphatic hydroxyl groups is 1. The van der Waals surface area contributed by atoms with Crippen molar-refractivity contribution in [3.63, 3.8) is 0 Å². The van der Waals surface area contributed by atoms with Gasteiger partial charge in [-0.15, -0.1) is 0 Å². The van der Waals surface area contributed by atoms with Crippen LogP contribution in [0.4, 0.5) is 5.69 Å². The highest BCUT2D eigenvalue weighted by Crippen LogP contribution is 2.33. The fourth-order valence-corrected chi connectivity index (χ4v) is 2.79. The van der Waals surface area contributed by atoms with E-state index in [9.17, 15) is 5.11 Å². The minimum absolute atomic E-state index is 0.00414. The average Bonchev–Trinajstić information content (AvgIpc) is 2.38. The Hall–Kier alpha value is -1.02. The van der Waals surface area contributed by atoms with Gasteiger partial charge in [0.15, 0.2) is 0 Å². The third kappa shape index (κ3) is 2.69. The first kappa shape index (κ1) is 13.4. The molecule has 1 aromatic rings. The van der Waals surface area contributed by atoms with Crippen LogP contribution >= 0.6 is 0 Å². The fraction of sp³-hybridized carbons (Fsp3) is 0.625. The van der Waals surface area contributed by atoms with Crippen LogP contribution in [0.3, 0.4) is 0 Å². The van der Waals surface area contributed by atoms with Crippen LogP contribution in [-0.2, 0) is 6.42 Å². The molecule has 1 heterocycles. The van der Waals surface area contributed by atoms with Crippen molar-refractivity contribution in [2.75, 3.05) is 24.6 Å². The van der Waals surface area contributed by atoms with E-state index in [0.717, 1.165) is 19.5 Å². The van der Waals surface area contributed by atoms with E-state index < -0.39 is 0 Å². The van der Waals surface area contributed by atoms with Crippen molar-refractivity contribution in [1.82, 2.24) is 0 Å². The molecule has 2 rings (SSSR count). The van der Waals surface area contributed by atoms with Gasteiger partial charge in [0.1, 0.15) is 0 Å². The number of para-hydroxylation sites is 1. The number of nitrogens with zero attached hydrogens (tertiary/aromatic N) is 1. The van der Waals surface area contributed by atoms with Gasteiger partial charge in [-0.3, -0.25) is 0 Å². The minimum atomic E-state index is 0.00414. The van der Waals surface area contributed by atoms with Gasteiger partial charge >= 0.3 is 0 Å². The summed E-state index contributed by atoms with van der Waals surface area (Å²) in [5.74, 6) is 0.694. The Morgan fingerprint density at radius 2 is 2.11 bits per heavy atom. The molecule has 0 fully saturated rings. The molecular weight excluding hydrogens is 222 g/mol. The summed E-state index contributed by atoms with van der Waals surface area (Å²) in [6.07, 6.45) is 2.19. The highest BCUT2D eigenvalue weighted by molar-refractivity contribution is 5.55. The third-order valence-electron chi connectivity index (χ3n) is 4.24. The van der Waals surface area contributed by atoms with Gasteiger partial charge < -0.3 is 10.0 Å². The molecule has 0 spiro atoms. The van der Waals surface area contributed by atoms with Crippen LogP contribution in [0.1, 0.15) is 32.8 Å². The van der Waals surface area contributed by atoms with Crippen molar-refractivity contribution in [2.45, 2.75) is 33.6 Å². The third-order valence-corrected chi connectivity index (χ3v) is 4.24. The lowest BCUT2D eigenvalue weighted by molar-refractivity contribution is 0.141. The van der Waals surface area contributed by atoms with Gasteiger partial charge in [-0.1, -0.05) is 39.0 Å². The molecule has 18 heavy (non-hydrogen) atoms. The lowest BCUT2D eigenvalue weighted by atomic mass is 9.85.